The fourth-order valence-electron chi connectivity index (χ4n) is 2.17. The van der Waals surface area contributed by atoms with Gasteiger partial charge in [0.15, 0.2) is 0 Å². The number of nitrogens with zero attached hydrogens (tertiary/aromatic N) is 2. The topological polar surface area (TPSA) is 78.9 Å². The van der Waals surface area contributed by atoms with Crippen molar-refractivity contribution in [3.8, 4) is 0 Å². The van der Waals surface area contributed by atoms with Crippen LogP contribution in [0.1, 0.15) is 40.5 Å². The van der Waals surface area contributed by atoms with Crippen molar-refractivity contribution < 1.29 is 10.0 Å². The molecule has 1 aliphatic heterocycles. The van der Waals surface area contributed by atoms with E-state index in [9.17, 15) is 4.79 Å². The van der Waals surface area contributed by atoms with Gasteiger partial charge in [0.05, 0.1) is 0 Å². The van der Waals surface area contributed by atoms with Crippen LogP contribution in [0.25, 0.3) is 0 Å². The molecule has 5 nitrogen and oxygen atoms in total. The monoisotopic (exact) mass is 255 g/mol. The molecule has 104 valence electrons. The first-order valence-corrected chi connectivity index (χ1v) is 6.58. The number of hydrogen-bond acceptors (Lipinski definition) is 3. The quantitative estimate of drug-likeness (QED) is 0.348. The van der Waals surface area contributed by atoms with Crippen LogP contribution in [0.3, 0.4) is 0 Å². The Morgan fingerprint density at radius 3 is 2.22 bits per heavy atom. The Labute approximate surface area is 109 Å². The number of nitrogens with two attached hydrogens (primary N) is 1. The van der Waals surface area contributed by atoms with Gasteiger partial charge < -0.3 is 15.8 Å². The molecule has 0 spiro atoms. The largest absolute Gasteiger partial charge is 0.409 e. The van der Waals surface area contributed by atoms with Gasteiger partial charge in [-0.05, 0) is 18.8 Å². The number of rotatable bonds is 3. The van der Waals surface area contributed by atoms with E-state index in [1.807, 2.05) is 18.7 Å². The van der Waals surface area contributed by atoms with Gasteiger partial charge >= 0.3 is 0 Å². The van der Waals surface area contributed by atoms with E-state index in [1.54, 1.807) is 0 Å². The van der Waals surface area contributed by atoms with E-state index in [-0.39, 0.29) is 23.1 Å². The Morgan fingerprint density at radius 1 is 1.33 bits per heavy atom. The molecule has 1 unspecified atom stereocenters. The van der Waals surface area contributed by atoms with Crippen LogP contribution in [0.15, 0.2) is 5.16 Å². The first-order chi connectivity index (χ1) is 8.31. The summed E-state index contributed by atoms with van der Waals surface area (Å²) in [4.78, 5) is 14.1. The summed E-state index contributed by atoms with van der Waals surface area (Å²) in [6, 6.07) is 0. The van der Waals surface area contributed by atoms with Gasteiger partial charge in [-0.1, -0.05) is 32.9 Å². The van der Waals surface area contributed by atoms with Gasteiger partial charge in [0.25, 0.3) is 0 Å². The molecule has 0 aromatic heterocycles. The second kappa shape index (κ2) is 5.59. The number of amides is 1. The van der Waals surface area contributed by atoms with E-state index in [2.05, 4.69) is 19.0 Å². The average Bonchev–Trinajstić information content (AvgIpc) is 2.36. The SMILES string of the molecule is CC(C)C(C)C(=O)N1CCC(C)(C(N)=NO)CC1. The minimum atomic E-state index is -0.285. The lowest BCUT2D eigenvalue weighted by molar-refractivity contribution is -0.138. The highest BCUT2D eigenvalue weighted by atomic mass is 16.4. The second-order valence-corrected chi connectivity index (χ2v) is 5.90. The molecule has 1 amide bonds. The molecule has 1 aliphatic rings. The molecule has 1 atom stereocenters. The Hall–Kier alpha value is -1.26. The van der Waals surface area contributed by atoms with Crippen LogP contribution in [0.2, 0.25) is 0 Å². The number of amidine groups is 1. The molecule has 1 rings (SSSR count). The maximum atomic E-state index is 12.2. The van der Waals surface area contributed by atoms with Crippen LogP contribution in [-0.4, -0.2) is 34.9 Å². The van der Waals surface area contributed by atoms with Gasteiger partial charge in [-0.3, -0.25) is 4.79 Å². The fraction of sp³-hybridized carbons (Fsp3) is 0.846. The molecular weight excluding hydrogens is 230 g/mol. The molecule has 0 bridgehead atoms. The number of carbonyl (C=O) groups excluding carboxylic acids is 1. The highest BCUT2D eigenvalue weighted by Gasteiger charge is 2.36. The van der Waals surface area contributed by atoms with Crippen molar-refractivity contribution in [2.75, 3.05) is 13.1 Å². The lowest BCUT2D eigenvalue weighted by Gasteiger charge is -2.39. The predicted octanol–water partition coefficient (Wildman–Crippen LogP) is 1.65. The first-order valence-electron chi connectivity index (χ1n) is 6.58. The normalized spacial score (nSPS) is 22.1. The summed E-state index contributed by atoms with van der Waals surface area (Å²) in [5.41, 5.74) is 5.42. The Kier molecular flexibility index (Phi) is 4.59. The van der Waals surface area contributed by atoms with Crippen LogP contribution < -0.4 is 5.73 Å². The minimum Gasteiger partial charge on any atom is -0.409 e. The summed E-state index contributed by atoms with van der Waals surface area (Å²) in [6.45, 7) is 9.45. The zero-order valence-electron chi connectivity index (χ0n) is 11.8. The highest BCUT2D eigenvalue weighted by molar-refractivity contribution is 5.86. The number of carbonyl (C=O) groups is 1. The van der Waals surface area contributed by atoms with Crippen molar-refractivity contribution in [2.24, 2.45) is 28.1 Å². The summed E-state index contributed by atoms with van der Waals surface area (Å²) >= 11 is 0. The minimum absolute atomic E-state index is 0.0539. The maximum Gasteiger partial charge on any atom is 0.225 e. The third-order valence-electron chi connectivity index (χ3n) is 4.29. The molecule has 5 heteroatoms. The van der Waals surface area contributed by atoms with Gasteiger partial charge in [-0.2, -0.15) is 0 Å². The van der Waals surface area contributed by atoms with Crippen molar-refractivity contribution in [3.63, 3.8) is 0 Å². The molecule has 0 aromatic rings. The summed E-state index contributed by atoms with van der Waals surface area (Å²) in [6.07, 6.45) is 1.50. The molecular formula is C13H25N3O2. The Balaban J connectivity index is 2.62. The number of piperidine rings is 1. The van der Waals surface area contributed by atoms with E-state index in [1.165, 1.54) is 0 Å². The van der Waals surface area contributed by atoms with E-state index >= 15 is 0 Å². The van der Waals surface area contributed by atoms with Gasteiger partial charge in [0.2, 0.25) is 5.91 Å². The van der Waals surface area contributed by atoms with Crippen LogP contribution in [0, 0.1) is 17.3 Å². The molecule has 1 fully saturated rings. The molecule has 1 heterocycles. The summed E-state index contributed by atoms with van der Waals surface area (Å²) < 4.78 is 0. The number of hydrogen-bond donors (Lipinski definition) is 2. The predicted molar refractivity (Wildman–Crippen MR) is 71.3 cm³/mol. The van der Waals surface area contributed by atoms with E-state index < -0.39 is 0 Å². The standard InChI is InChI=1S/C13H25N3O2/c1-9(2)10(3)11(17)16-7-5-13(4,6-8-16)12(14)15-18/h9-10,18H,5-8H2,1-4H3,(H2,14,15). The van der Waals surface area contributed by atoms with Crippen LogP contribution in [-0.2, 0) is 4.79 Å². The van der Waals surface area contributed by atoms with Crippen LogP contribution >= 0.6 is 0 Å². The summed E-state index contributed by atoms with van der Waals surface area (Å²) in [5, 5.41) is 11.9. The Morgan fingerprint density at radius 2 is 1.83 bits per heavy atom. The first kappa shape index (κ1) is 14.8. The van der Waals surface area contributed by atoms with Gasteiger partial charge in [-0.15, -0.1) is 0 Å². The van der Waals surface area contributed by atoms with E-state index in [0.29, 0.717) is 19.0 Å². The highest BCUT2D eigenvalue weighted by Crippen LogP contribution is 2.32. The Bertz CT molecular complexity index is 331. The van der Waals surface area contributed by atoms with E-state index in [0.717, 1.165) is 12.8 Å². The molecule has 0 saturated carbocycles. The molecule has 0 aromatic carbocycles. The maximum absolute atomic E-state index is 12.2. The van der Waals surface area contributed by atoms with Crippen molar-refractivity contribution in [2.45, 2.75) is 40.5 Å². The second-order valence-electron chi connectivity index (χ2n) is 5.90. The zero-order valence-corrected chi connectivity index (χ0v) is 11.8. The van der Waals surface area contributed by atoms with Crippen molar-refractivity contribution in [1.82, 2.24) is 4.90 Å². The lowest BCUT2D eigenvalue weighted by atomic mass is 9.79. The van der Waals surface area contributed by atoms with Crippen LogP contribution in [0.4, 0.5) is 0 Å². The van der Waals surface area contributed by atoms with Gasteiger partial charge in [0.1, 0.15) is 5.84 Å². The van der Waals surface area contributed by atoms with Crippen molar-refractivity contribution in [1.29, 1.82) is 0 Å². The van der Waals surface area contributed by atoms with Gasteiger partial charge in [0, 0.05) is 24.4 Å². The lowest BCUT2D eigenvalue weighted by Crippen LogP contribution is -2.49. The molecule has 3 N–H and O–H groups in total. The van der Waals surface area contributed by atoms with Gasteiger partial charge in [-0.25, -0.2) is 0 Å². The molecule has 1 saturated heterocycles. The van der Waals surface area contributed by atoms with Crippen molar-refractivity contribution >= 4 is 11.7 Å². The fourth-order valence-corrected chi connectivity index (χ4v) is 2.17. The smallest absolute Gasteiger partial charge is 0.225 e. The van der Waals surface area contributed by atoms with E-state index in [4.69, 9.17) is 10.9 Å². The number of likely N-dealkylation sites (tertiary alicyclic amines) is 1. The van der Waals surface area contributed by atoms with Crippen molar-refractivity contribution in [3.05, 3.63) is 0 Å². The zero-order chi connectivity index (χ0) is 13.9. The molecule has 0 aliphatic carbocycles. The molecule has 0 radical (unpaired) electrons. The average molecular weight is 255 g/mol. The van der Waals surface area contributed by atoms with Crippen LogP contribution in [0.5, 0.6) is 0 Å². The summed E-state index contributed by atoms with van der Waals surface area (Å²) in [7, 11) is 0. The third kappa shape index (κ3) is 2.94. The molecule has 18 heavy (non-hydrogen) atoms. The summed E-state index contributed by atoms with van der Waals surface area (Å²) in [5.74, 6) is 0.895. The number of oxime groups is 1. The third-order valence-corrected chi connectivity index (χ3v) is 4.29.